The summed E-state index contributed by atoms with van der Waals surface area (Å²) in [5.74, 6) is -0.199. The van der Waals surface area contributed by atoms with Gasteiger partial charge in [0.2, 0.25) is 11.8 Å². The molecule has 1 N–H and O–H groups in total. The van der Waals surface area contributed by atoms with Crippen LogP contribution in [0.2, 0.25) is 0 Å². The van der Waals surface area contributed by atoms with Crippen LogP contribution in [0.15, 0.2) is 24.3 Å². The molecule has 1 atom stereocenters. The minimum atomic E-state index is -0.237. The molecule has 1 unspecified atom stereocenters. The number of aryl methyl sites for hydroxylation is 1. The van der Waals surface area contributed by atoms with E-state index in [4.69, 9.17) is 0 Å². The fourth-order valence-corrected chi connectivity index (χ4v) is 2.67. The van der Waals surface area contributed by atoms with E-state index in [2.05, 4.69) is 19.2 Å². The number of amides is 2. The van der Waals surface area contributed by atoms with Gasteiger partial charge in [0.05, 0.1) is 5.92 Å². The highest BCUT2D eigenvalue weighted by atomic mass is 16.2. The van der Waals surface area contributed by atoms with Gasteiger partial charge in [0.15, 0.2) is 0 Å². The number of hydrogen-bond donors (Lipinski definition) is 1. The fourth-order valence-electron chi connectivity index (χ4n) is 2.67. The number of carbonyl (C=O) groups is 2. The van der Waals surface area contributed by atoms with E-state index in [-0.39, 0.29) is 23.8 Å². The van der Waals surface area contributed by atoms with Crippen molar-refractivity contribution in [1.82, 2.24) is 5.32 Å². The molecule has 0 saturated carbocycles. The van der Waals surface area contributed by atoms with Crippen LogP contribution in [0.5, 0.6) is 0 Å². The Morgan fingerprint density at radius 2 is 1.90 bits per heavy atom. The highest BCUT2D eigenvalue weighted by molar-refractivity contribution is 6.00. The number of rotatable bonds is 5. The van der Waals surface area contributed by atoms with Crippen LogP contribution in [0.4, 0.5) is 5.69 Å². The molecule has 1 heterocycles. The Hall–Kier alpha value is -1.84. The number of carbonyl (C=O) groups excluding carboxylic acids is 2. The lowest BCUT2D eigenvalue weighted by molar-refractivity contribution is -0.127. The monoisotopic (exact) mass is 288 g/mol. The molecule has 1 aromatic rings. The molecular weight excluding hydrogens is 264 g/mol. The molecule has 2 rings (SSSR count). The normalized spacial score (nSPS) is 18.4. The topological polar surface area (TPSA) is 49.4 Å². The number of nitrogens with one attached hydrogen (secondary N) is 1. The zero-order valence-electron chi connectivity index (χ0n) is 13.1. The average molecular weight is 288 g/mol. The van der Waals surface area contributed by atoms with Crippen molar-refractivity contribution in [2.24, 2.45) is 5.92 Å². The number of benzene rings is 1. The third-order valence-electron chi connectivity index (χ3n) is 4.17. The van der Waals surface area contributed by atoms with Crippen LogP contribution in [0, 0.1) is 12.8 Å². The molecule has 2 amide bonds. The zero-order valence-corrected chi connectivity index (χ0v) is 13.1. The van der Waals surface area contributed by atoms with Gasteiger partial charge in [0.1, 0.15) is 0 Å². The first-order chi connectivity index (χ1) is 10.0. The Labute approximate surface area is 126 Å². The van der Waals surface area contributed by atoms with Crippen LogP contribution in [-0.4, -0.2) is 24.4 Å². The minimum Gasteiger partial charge on any atom is -0.353 e. The molecule has 1 aliphatic rings. The van der Waals surface area contributed by atoms with Crippen molar-refractivity contribution in [2.75, 3.05) is 11.4 Å². The van der Waals surface area contributed by atoms with E-state index in [1.807, 2.05) is 31.2 Å². The first-order valence-corrected chi connectivity index (χ1v) is 7.72. The third kappa shape index (κ3) is 3.63. The van der Waals surface area contributed by atoms with Crippen molar-refractivity contribution in [1.29, 1.82) is 0 Å². The molecule has 4 nitrogen and oxygen atoms in total. The Balaban J connectivity index is 2.02. The maximum absolute atomic E-state index is 12.3. The summed E-state index contributed by atoms with van der Waals surface area (Å²) in [6.45, 7) is 6.62. The van der Waals surface area contributed by atoms with Crippen molar-refractivity contribution in [3.63, 3.8) is 0 Å². The van der Waals surface area contributed by atoms with E-state index in [9.17, 15) is 9.59 Å². The summed E-state index contributed by atoms with van der Waals surface area (Å²) in [6.07, 6.45) is 2.15. The Morgan fingerprint density at radius 3 is 2.48 bits per heavy atom. The summed E-state index contributed by atoms with van der Waals surface area (Å²) < 4.78 is 0. The molecule has 1 saturated heterocycles. The van der Waals surface area contributed by atoms with Crippen LogP contribution in [-0.2, 0) is 9.59 Å². The highest BCUT2D eigenvalue weighted by Crippen LogP contribution is 2.25. The third-order valence-corrected chi connectivity index (χ3v) is 4.17. The first kappa shape index (κ1) is 15.5. The molecule has 114 valence electrons. The van der Waals surface area contributed by atoms with E-state index in [0.717, 1.165) is 24.1 Å². The summed E-state index contributed by atoms with van der Waals surface area (Å²) in [7, 11) is 0. The molecular formula is C17H24N2O2. The molecule has 0 aliphatic carbocycles. The van der Waals surface area contributed by atoms with Gasteiger partial charge in [-0.1, -0.05) is 31.5 Å². The first-order valence-electron chi connectivity index (χ1n) is 7.72. The standard InChI is InChI=1S/C17H24N2O2/c1-4-14(5-2)18-17(21)13-10-16(20)19(11-13)15-8-6-12(3)7-9-15/h6-9,13-14H,4-5,10-11H2,1-3H3,(H,18,21). The zero-order chi connectivity index (χ0) is 15.4. The smallest absolute Gasteiger partial charge is 0.227 e. The van der Waals surface area contributed by atoms with E-state index < -0.39 is 0 Å². The molecule has 0 radical (unpaired) electrons. The van der Waals surface area contributed by atoms with Crippen molar-refractivity contribution < 1.29 is 9.59 Å². The molecule has 1 aromatic carbocycles. The van der Waals surface area contributed by atoms with Crippen LogP contribution < -0.4 is 10.2 Å². The predicted octanol–water partition coefficient (Wildman–Crippen LogP) is 2.65. The van der Waals surface area contributed by atoms with Gasteiger partial charge in [-0.3, -0.25) is 9.59 Å². The fraction of sp³-hybridized carbons (Fsp3) is 0.529. The quantitative estimate of drug-likeness (QED) is 0.905. The summed E-state index contributed by atoms with van der Waals surface area (Å²) in [4.78, 5) is 26.1. The van der Waals surface area contributed by atoms with E-state index in [1.165, 1.54) is 0 Å². The maximum atomic E-state index is 12.3. The molecule has 21 heavy (non-hydrogen) atoms. The van der Waals surface area contributed by atoms with Crippen LogP contribution in [0.25, 0.3) is 0 Å². The largest absolute Gasteiger partial charge is 0.353 e. The summed E-state index contributed by atoms with van der Waals surface area (Å²) in [6, 6.07) is 8.06. The van der Waals surface area contributed by atoms with Gasteiger partial charge in [0.25, 0.3) is 0 Å². The van der Waals surface area contributed by atoms with Crippen molar-refractivity contribution in [3.05, 3.63) is 29.8 Å². The number of nitrogens with zero attached hydrogens (tertiary/aromatic N) is 1. The molecule has 1 fully saturated rings. The van der Waals surface area contributed by atoms with Crippen molar-refractivity contribution >= 4 is 17.5 Å². The lowest BCUT2D eigenvalue weighted by atomic mass is 10.1. The summed E-state index contributed by atoms with van der Waals surface area (Å²) >= 11 is 0. The molecule has 0 bridgehead atoms. The van der Waals surface area contributed by atoms with Gasteiger partial charge in [0, 0.05) is 24.7 Å². The van der Waals surface area contributed by atoms with Crippen LogP contribution >= 0.6 is 0 Å². The second-order valence-electron chi connectivity index (χ2n) is 5.76. The average Bonchev–Trinajstić information content (AvgIpc) is 2.87. The van der Waals surface area contributed by atoms with Gasteiger partial charge in [-0.2, -0.15) is 0 Å². The van der Waals surface area contributed by atoms with Crippen molar-refractivity contribution in [2.45, 2.75) is 46.1 Å². The SMILES string of the molecule is CCC(CC)NC(=O)C1CC(=O)N(c2ccc(C)cc2)C1. The summed E-state index contributed by atoms with van der Waals surface area (Å²) in [5, 5.41) is 3.04. The second kappa shape index (κ2) is 6.74. The maximum Gasteiger partial charge on any atom is 0.227 e. The number of hydrogen-bond acceptors (Lipinski definition) is 2. The molecule has 4 heteroatoms. The molecule has 0 aromatic heterocycles. The predicted molar refractivity (Wildman–Crippen MR) is 84.2 cm³/mol. The van der Waals surface area contributed by atoms with Crippen LogP contribution in [0.3, 0.4) is 0 Å². The van der Waals surface area contributed by atoms with E-state index in [1.54, 1.807) is 4.90 Å². The van der Waals surface area contributed by atoms with Crippen LogP contribution in [0.1, 0.15) is 38.7 Å². The summed E-state index contributed by atoms with van der Waals surface area (Å²) in [5.41, 5.74) is 2.04. The van der Waals surface area contributed by atoms with Gasteiger partial charge in [-0.15, -0.1) is 0 Å². The Bertz CT molecular complexity index is 506. The lowest BCUT2D eigenvalue weighted by Crippen LogP contribution is -2.39. The van der Waals surface area contributed by atoms with E-state index in [0.29, 0.717) is 13.0 Å². The second-order valence-corrected chi connectivity index (χ2v) is 5.76. The van der Waals surface area contributed by atoms with Gasteiger partial charge in [-0.05, 0) is 31.9 Å². The van der Waals surface area contributed by atoms with Gasteiger partial charge < -0.3 is 10.2 Å². The van der Waals surface area contributed by atoms with Gasteiger partial charge >= 0.3 is 0 Å². The Morgan fingerprint density at radius 1 is 1.29 bits per heavy atom. The minimum absolute atomic E-state index is 0.00617. The van der Waals surface area contributed by atoms with Crippen molar-refractivity contribution in [3.8, 4) is 0 Å². The molecule has 1 aliphatic heterocycles. The lowest BCUT2D eigenvalue weighted by Gasteiger charge is -2.19. The molecule has 0 spiro atoms. The highest BCUT2D eigenvalue weighted by Gasteiger charge is 2.35. The van der Waals surface area contributed by atoms with E-state index >= 15 is 0 Å². The Kier molecular flexibility index (Phi) is 4.99. The number of anilines is 1. The van der Waals surface area contributed by atoms with Gasteiger partial charge in [-0.25, -0.2) is 0 Å².